The lowest BCUT2D eigenvalue weighted by Gasteiger charge is -1.98. The van der Waals surface area contributed by atoms with Crippen molar-refractivity contribution in [1.82, 2.24) is 0 Å². The summed E-state index contributed by atoms with van der Waals surface area (Å²) < 4.78 is 4.76. The van der Waals surface area contributed by atoms with Gasteiger partial charge < -0.3 is 9.84 Å². The molecule has 0 fully saturated rings. The molecule has 0 aliphatic heterocycles. The number of esters is 1. The van der Waals surface area contributed by atoms with Crippen LogP contribution in [0.25, 0.3) is 0 Å². The lowest BCUT2D eigenvalue weighted by atomic mass is 10.2. The highest BCUT2D eigenvalue weighted by Crippen LogP contribution is 1.97. The van der Waals surface area contributed by atoms with Crippen LogP contribution in [0.2, 0.25) is 0 Å². The van der Waals surface area contributed by atoms with Crippen LogP contribution in [-0.2, 0) is 14.3 Å². The van der Waals surface area contributed by atoms with Crippen molar-refractivity contribution in [2.75, 3.05) is 6.61 Å². The van der Waals surface area contributed by atoms with Gasteiger partial charge in [-0.25, -0.2) is 0 Å². The van der Waals surface area contributed by atoms with Crippen LogP contribution in [0.1, 0.15) is 38.5 Å². The van der Waals surface area contributed by atoms with Crippen molar-refractivity contribution in [3.8, 4) is 17.9 Å². The third-order valence-corrected chi connectivity index (χ3v) is 1.79. The largest absolute Gasteiger partial charge is 0.481 e. The zero-order chi connectivity index (χ0) is 12.9. The molecule has 0 saturated heterocycles. The summed E-state index contributed by atoms with van der Waals surface area (Å²) >= 11 is 0. The summed E-state index contributed by atoms with van der Waals surface area (Å²) in [6.07, 6.45) is 2.16. The molecule has 0 aromatic carbocycles. The van der Waals surface area contributed by atoms with E-state index in [9.17, 15) is 9.59 Å². The average molecular weight is 237 g/mol. The Morgan fingerprint density at radius 2 is 1.88 bits per heavy atom. The SMILES string of the molecule is N#CCCCC#CCOC(=O)CCCC(=O)O. The Morgan fingerprint density at radius 1 is 1.12 bits per heavy atom. The molecule has 0 aliphatic carbocycles. The van der Waals surface area contributed by atoms with Gasteiger partial charge in [0, 0.05) is 25.7 Å². The molecule has 0 aromatic rings. The van der Waals surface area contributed by atoms with Crippen molar-refractivity contribution >= 4 is 11.9 Å². The van der Waals surface area contributed by atoms with E-state index < -0.39 is 11.9 Å². The molecule has 0 unspecified atom stereocenters. The zero-order valence-corrected chi connectivity index (χ0v) is 9.57. The van der Waals surface area contributed by atoms with E-state index in [-0.39, 0.29) is 25.9 Å². The van der Waals surface area contributed by atoms with Crippen molar-refractivity contribution in [1.29, 1.82) is 5.26 Å². The molecular weight excluding hydrogens is 222 g/mol. The number of nitriles is 1. The minimum atomic E-state index is -0.921. The van der Waals surface area contributed by atoms with E-state index in [0.29, 0.717) is 12.8 Å². The lowest BCUT2D eigenvalue weighted by Crippen LogP contribution is -2.05. The molecule has 0 saturated carbocycles. The lowest BCUT2D eigenvalue weighted by molar-refractivity contribution is -0.142. The first-order valence-corrected chi connectivity index (χ1v) is 5.37. The standard InChI is InChI=1S/C12H15NO4/c13-9-4-2-1-3-5-10-17-12(16)8-6-7-11(14)15/h1-2,4,6-8,10H2,(H,14,15). The molecule has 0 rings (SSSR count). The van der Waals surface area contributed by atoms with Gasteiger partial charge >= 0.3 is 11.9 Å². The second-order valence-electron chi connectivity index (χ2n) is 3.27. The highest BCUT2D eigenvalue weighted by Gasteiger charge is 2.03. The fourth-order valence-electron chi connectivity index (χ4n) is 0.968. The Labute approximate surface area is 100 Å². The molecule has 17 heavy (non-hydrogen) atoms. The van der Waals surface area contributed by atoms with Crippen LogP contribution >= 0.6 is 0 Å². The number of hydrogen-bond donors (Lipinski definition) is 1. The van der Waals surface area contributed by atoms with Gasteiger partial charge in [0.05, 0.1) is 6.07 Å². The molecule has 0 amide bonds. The van der Waals surface area contributed by atoms with Crippen molar-refractivity contribution in [2.45, 2.75) is 38.5 Å². The minimum absolute atomic E-state index is 0.0262. The minimum Gasteiger partial charge on any atom is -0.481 e. The predicted octanol–water partition coefficient (Wildman–Crippen LogP) is 1.48. The molecule has 0 aliphatic rings. The smallest absolute Gasteiger partial charge is 0.306 e. The van der Waals surface area contributed by atoms with Crippen LogP contribution in [0.4, 0.5) is 0 Å². The van der Waals surface area contributed by atoms with E-state index in [1.54, 1.807) is 0 Å². The Bertz CT molecular complexity index is 346. The highest BCUT2D eigenvalue weighted by molar-refractivity contribution is 5.71. The van der Waals surface area contributed by atoms with E-state index >= 15 is 0 Å². The van der Waals surface area contributed by atoms with E-state index in [1.165, 1.54) is 0 Å². The van der Waals surface area contributed by atoms with Crippen LogP contribution in [0.3, 0.4) is 0 Å². The van der Waals surface area contributed by atoms with Crippen LogP contribution in [0, 0.1) is 23.2 Å². The first-order valence-electron chi connectivity index (χ1n) is 5.37. The van der Waals surface area contributed by atoms with E-state index in [2.05, 4.69) is 11.8 Å². The van der Waals surface area contributed by atoms with Gasteiger partial charge in [0.15, 0.2) is 6.61 Å². The molecule has 1 N–H and O–H groups in total. The predicted molar refractivity (Wildman–Crippen MR) is 59.7 cm³/mol. The first-order chi connectivity index (χ1) is 8.16. The number of carbonyl (C=O) groups excluding carboxylic acids is 1. The Hall–Kier alpha value is -2.01. The fourth-order valence-corrected chi connectivity index (χ4v) is 0.968. The normalized spacial score (nSPS) is 8.65. The van der Waals surface area contributed by atoms with Gasteiger partial charge in [-0.15, -0.1) is 0 Å². The van der Waals surface area contributed by atoms with Gasteiger partial charge in [0.25, 0.3) is 0 Å². The number of carboxylic acids is 1. The van der Waals surface area contributed by atoms with Gasteiger partial charge in [-0.3, -0.25) is 9.59 Å². The maximum absolute atomic E-state index is 11.0. The Morgan fingerprint density at radius 3 is 2.53 bits per heavy atom. The number of unbranched alkanes of at least 4 members (excludes halogenated alkanes) is 2. The number of carbonyl (C=O) groups is 2. The van der Waals surface area contributed by atoms with E-state index in [0.717, 1.165) is 6.42 Å². The second kappa shape index (κ2) is 10.5. The molecule has 0 radical (unpaired) electrons. The van der Waals surface area contributed by atoms with Gasteiger partial charge in [0.1, 0.15) is 0 Å². The van der Waals surface area contributed by atoms with Crippen LogP contribution < -0.4 is 0 Å². The third-order valence-electron chi connectivity index (χ3n) is 1.79. The van der Waals surface area contributed by atoms with Crippen molar-refractivity contribution in [3.63, 3.8) is 0 Å². The summed E-state index contributed by atoms with van der Waals surface area (Å²) in [5.74, 6) is 4.08. The number of rotatable bonds is 7. The zero-order valence-electron chi connectivity index (χ0n) is 9.57. The van der Waals surface area contributed by atoms with Gasteiger partial charge in [0.2, 0.25) is 0 Å². The molecule has 0 atom stereocenters. The second-order valence-corrected chi connectivity index (χ2v) is 3.27. The molecule has 0 aromatic heterocycles. The van der Waals surface area contributed by atoms with E-state index in [4.69, 9.17) is 15.1 Å². The van der Waals surface area contributed by atoms with Crippen LogP contribution in [0.5, 0.6) is 0 Å². The van der Waals surface area contributed by atoms with Crippen molar-refractivity contribution < 1.29 is 19.4 Å². The number of aliphatic carboxylic acids is 1. The quantitative estimate of drug-likeness (QED) is 0.411. The fraction of sp³-hybridized carbons (Fsp3) is 0.583. The number of hydrogen-bond acceptors (Lipinski definition) is 4. The maximum atomic E-state index is 11.0. The average Bonchev–Trinajstić information content (AvgIpc) is 2.27. The van der Waals surface area contributed by atoms with E-state index in [1.807, 2.05) is 6.07 Å². The highest BCUT2D eigenvalue weighted by atomic mass is 16.5. The van der Waals surface area contributed by atoms with Crippen LogP contribution in [-0.4, -0.2) is 23.7 Å². The Kier molecular flexibility index (Phi) is 9.26. The van der Waals surface area contributed by atoms with Crippen LogP contribution in [0.15, 0.2) is 0 Å². The van der Waals surface area contributed by atoms with Crippen molar-refractivity contribution in [3.05, 3.63) is 0 Å². The third kappa shape index (κ3) is 11.9. The molecule has 5 nitrogen and oxygen atoms in total. The molecule has 0 spiro atoms. The van der Waals surface area contributed by atoms with Gasteiger partial charge in [-0.1, -0.05) is 11.8 Å². The maximum Gasteiger partial charge on any atom is 0.306 e. The number of ether oxygens (including phenoxy) is 1. The monoisotopic (exact) mass is 237 g/mol. The van der Waals surface area contributed by atoms with Gasteiger partial charge in [-0.05, 0) is 12.8 Å². The summed E-state index contributed by atoms with van der Waals surface area (Å²) in [4.78, 5) is 21.2. The topological polar surface area (TPSA) is 87.4 Å². The summed E-state index contributed by atoms with van der Waals surface area (Å²) in [5, 5.41) is 16.6. The first kappa shape index (κ1) is 15.0. The summed E-state index contributed by atoms with van der Waals surface area (Å²) in [5.41, 5.74) is 0. The molecule has 0 heterocycles. The molecule has 92 valence electrons. The molecule has 5 heteroatoms. The summed E-state index contributed by atoms with van der Waals surface area (Å²) in [7, 11) is 0. The summed E-state index contributed by atoms with van der Waals surface area (Å²) in [6.45, 7) is 0.0262. The number of carboxylic acid groups (broad SMARTS) is 1. The molecule has 0 bridgehead atoms. The number of nitrogens with zero attached hydrogens (tertiary/aromatic N) is 1. The van der Waals surface area contributed by atoms with Gasteiger partial charge in [-0.2, -0.15) is 5.26 Å². The van der Waals surface area contributed by atoms with Crippen molar-refractivity contribution in [2.24, 2.45) is 0 Å². The molecular formula is C12H15NO4. The summed E-state index contributed by atoms with van der Waals surface area (Å²) in [6, 6.07) is 2.01. The Balaban J connectivity index is 3.44.